The third-order valence-corrected chi connectivity index (χ3v) is 5.78. The van der Waals surface area contributed by atoms with E-state index in [0.717, 1.165) is 37.2 Å². The molecule has 28 heavy (non-hydrogen) atoms. The number of hydrogen-bond acceptors (Lipinski definition) is 5. The average Bonchev–Trinajstić information content (AvgIpc) is 3.31. The summed E-state index contributed by atoms with van der Waals surface area (Å²) in [7, 11) is 0. The van der Waals surface area contributed by atoms with Gasteiger partial charge in [0.1, 0.15) is 0 Å². The second-order valence-corrected chi connectivity index (χ2v) is 7.76. The maximum atomic E-state index is 12.4. The molecule has 2 aliphatic rings. The third kappa shape index (κ3) is 3.49. The third-order valence-electron chi connectivity index (χ3n) is 5.78. The minimum atomic E-state index is -0.0484. The monoisotopic (exact) mass is 376 g/mol. The Balaban J connectivity index is 1.35. The lowest BCUT2D eigenvalue weighted by molar-refractivity contribution is 0.212. The molecule has 1 saturated heterocycles. The molecule has 5 rings (SSSR count). The van der Waals surface area contributed by atoms with Gasteiger partial charge in [-0.1, -0.05) is 0 Å². The molecule has 1 aliphatic carbocycles. The van der Waals surface area contributed by atoms with Gasteiger partial charge in [0.15, 0.2) is 0 Å². The number of aromatic nitrogens is 5. The van der Waals surface area contributed by atoms with Gasteiger partial charge in [0.2, 0.25) is 0 Å². The molecule has 0 radical (unpaired) electrons. The van der Waals surface area contributed by atoms with E-state index < -0.39 is 0 Å². The SMILES string of the molecule is O=c1ccc(-c2ccncc2)nn1CC1CCCN1Cc1cncn1C1CC1. The lowest BCUT2D eigenvalue weighted by atomic mass is 10.2. The molecule has 4 heterocycles. The van der Waals surface area contributed by atoms with Gasteiger partial charge in [-0.25, -0.2) is 9.67 Å². The molecule has 7 nitrogen and oxygen atoms in total. The van der Waals surface area contributed by atoms with Gasteiger partial charge in [0.05, 0.1) is 24.3 Å². The van der Waals surface area contributed by atoms with Crippen LogP contribution in [0.3, 0.4) is 0 Å². The van der Waals surface area contributed by atoms with Crippen molar-refractivity contribution in [3.8, 4) is 11.3 Å². The number of rotatable bonds is 6. The van der Waals surface area contributed by atoms with Crippen molar-refractivity contribution in [1.29, 1.82) is 0 Å². The molecule has 3 aromatic rings. The van der Waals surface area contributed by atoms with E-state index in [0.29, 0.717) is 18.6 Å². The second kappa shape index (κ2) is 7.31. The standard InChI is InChI=1S/C21H24N6O/c28-21-6-5-20(16-7-9-22-10-8-16)24-27(21)14-18-2-1-11-25(18)13-19-12-23-15-26(19)17-3-4-17/h5-10,12,15,17-18H,1-4,11,13-14H2. The van der Waals surface area contributed by atoms with Crippen molar-refractivity contribution in [2.75, 3.05) is 6.54 Å². The fraction of sp³-hybridized carbons (Fsp3) is 0.429. The van der Waals surface area contributed by atoms with Crippen LogP contribution in [0.2, 0.25) is 0 Å². The van der Waals surface area contributed by atoms with Crippen LogP contribution in [0.1, 0.15) is 37.4 Å². The van der Waals surface area contributed by atoms with E-state index in [4.69, 9.17) is 0 Å². The quantitative estimate of drug-likeness (QED) is 0.661. The summed E-state index contributed by atoms with van der Waals surface area (Å²) in [4.78, 5) is 23.3. The Morgan fingerprint density at radius 2 is 1.89 bits per heavy atom. The lowest BCUT2D eigenvalue weighted by Gasteiger charge is -2.25. The van der Waals surface area contributed by atoms with E-state index in [1.54, 1.807) is 29.2 Å². The van der Waals surface area contributed by atoms with Crippen LogP contribution < -0.4 is 5.56 Å². The minimum Gasteiger partial charge on any atom is -0.330 e. The van der Waals surface area contributed by atoms with Gasteiger partial charge < -0.3 is 4.57 Å². The zero-order valence-corrected chi connectivity index (χ0v) is 15.8. The van der Waals surface area contributed by atoms with E-state index in [9.17, 15) is 4.79 Å². The fourth-order valence-electron chi connectivity index (χ4n) is 4.11. The molecular formula is C21H24N6O. The average molecular weight is 376 g/mol. The van der Waals surface area contributed by atoms with Gasteiger partial charge in [-0.3, -0.25) is 14.7 Å². The summed E-state index contributed by atoms with van der Waals surface area (Å²) in [6.45, 7) is 2.56. The Labute approximate surface area is 163 Å². The van der Waals surface area contributed by atoms with Crippen molar-refractivity contribution < 1.29 is 0 Å². The van der Waals surface area contributed by atoms with Crippen molar-refractivity contribution in [2.45, 2.75) is 50.9 Å². The van der Waals surface area contributed by atoms with E-state index in [1.165, 1.54) is 18.5 Å². The Morgan fingerprint density at radius 3 is 2.71 bits per heavy atom. The molecule has 1 unspecified atom stereocenters. The summed E-state index contributed by atoms with van der Waals surface area (Å²) < 4.78 is 3.95. The molecule has 1 saturated carbocycles. The predicted molar refractivity (Wildman–Crippen MR) is 106 cm³/mol. The summed E-state index contributed by atoms with van der Waals surface area (Å²) in [5, 5.41) is 4.63. The number of likely N-dealkylation sites (tertiary alicyclic amines) is 1. The molecule has 0 aromatic carbocycles. The molecule has 7 heteroatoms. The van der Waals surface area contributed by atoms with Crippen LogP contribution in [0.4, 0.5) is 0 Å². The highest BCUT2D eigenvalue weighted by Gasteiger charge is 2.29. The maximum absolute atomic E-state index is 12.4. The Bertz CT molecular complexity index is 1010. The van der Waals surface area contributed by atoms with Gasteiger partial charge in [0, 0.05) is 48.8 Å². The first-order valence-corrected chi connectivity index (χ1v) is 10.0. The zero-order valence-electron chi connectivity index (χ0n) is 15.8. The van der Waals surface area contributed by atoms with Gasteiger partial charge >= 0.3 is 0 Å². The fourth-order valence-corrected chi connectivity index (χ4v) is 4.11. The molecule has 0 amide bonds. The highest BCUT2D eigenvalue weighted by molar-refractivity contribution is 5.56. The lowest BCUT2D eigenvalue weighted by Crippen LogP contribution is -2.37. The second-order valence-electron chi connectivity index (χ2n) is 7.76. The van der Waals surface area contributed by atoms with Gasteiger partial charge in [0.25, 0.3) is 5.56 Å². The van der Waals surface area contributed by atoms with Crippen LogP contribution in [0, 0.1) is 0 Å². The first kappa shape index (κ1) is 17.3. The van der Waals surface area contributed by atoms with E-state index in [1.807, 2.05) is 24.7 Å². The number of imidazole rings is 1. The summed E-state index contributed by atoms with van der Waals surface area (Å²) in [6, 6.07) is 8.19. The summed E-state index contributed by atoms with van der Waals surface area (Å²) >= 11 is 0. The molecule has 144 valence electrons. The van der Waals surface area contributed by atoms with Crippen molar-refractivity contribution in [3.05, 3.63) is 65.2 Å². The molecule has 0 bridgehead atoms. The van der Waals surface area contributed by atoms with Gasteiger partial charge in [-0.2, -0.15) is 5.10 Å². The van der Waals surface area contributed by atoms with Crippen LogP contribution in [-0.4, -0.2) is 41.8 Å². The van der Waals surface area contributed by atoms with Crippen LogP contribution in [0.15, 0.2) is 54.0 Å². The molecule has 1 aliphatic heterocycles. The van der Waals surface area contributed by atoms with E-state index >= 15 is 0 Å². The number of pyridine rings is 1. The van der Waals surface area contributed by atoms with Crippen LogP contribution >= 0.6 is 0 Å². The van der Waals surface area contributed by atoms with Crippen molar-refractivity contribution in [2.24, 2.45) is 0 Å². The number of nitrogens with zero attached hydrogens (tertiary/aromatic N) is 6. The maximum Gasteiger partial charge on any atom is 0.266 e. The Kier molecular flexibility index (Phi) is 4.52. The first-order valence-electron chi connectivity index (χ1n) is 10.0. The summed E-state index contributed by atoms with van der Waals surface area (Å²) in [5.74, 6) is 0. The van der Waals surface area contributed by atoms with Crippen LogP contribution in [0.25, 0.3) is 11.3 Å². The zero-order chi connectivity index (χ0) is 18.9. The Hall–Kier alpha value is -2.80. The largest absolute Gasteiger partial charge is 0.330 e. The van der Waals surface area contributed by atoms with Crippen LogP contribution in [-0.2, 0) is 13.1 Å². The summed E-state index contributed by atoms with van der Waals surface area (Å²) in [5.41, 5.74) is 3.01. The van der Waals surface area contributed by atoms with Crippen LogP contribution in [0.5, 0.6) is 0 Å². The van der Waals surface area contributed by atoms with E-state index in [-0.39, 0.29) is 5.56 Å². The predicted octanol–water partition coefficient (Wildman–Crippen LogP) is 2.50. The van der Waals surface area contributed by atoms with E-state index in [2.05, 4.69) is 24.5 Å². The highest BCUT2D eigenvalue weighted by atomic mass is 16.1. The minimum absolute atomic E-state index is 0.0484. The molecule has 3 aromatic heterocycles. The Morgan fingerprint density at radius 1 is 1.04 bits per heavy atom. The molecular weight excluding hydrogens is 352 g/mol. The van der Waals surface area contributed by atoms with Gasteiger partial charge in [-0.15, -0.1) is 0 Å². The van der Waals surface area contributed by atoms with Crippen molar-refractivity contribution in [3.63, 3.8) is 0 Å². The summed E-state index contributed by atoms with van der Waals surface area (Å²) in [6.07, 6.45) is 12.2. The molecule has 1 atom stereocenters. The smallest absolute Gasteiger partial charge is 0.266 e. The highest BCUT2D eigenvalue weighted by Crippen LogP contribution is 2.36. The molecule has 2 fully saturated rings. The number of hydrogen-bond donors (Lipinski definition) is 0. The van der Waals surface area contributed by atoms with Crippen molar-refractivity contribution in [1.82, 2.24) is 29.2 Å². The van der Waals surface area contributed by atoms with Crippen molar-refractivity contribution >= 4 is 0 Å². The molecule has 0 spiro atoms. The normalized spacial score (nSPS) is 19.9. The first-order chi connectivity index (χ1) is 13.8. The van der Waals surface area contributed by atoms with Gasteiger partial charge in [-0.05, 0) is 50.4 Å². The molecule has 0 N–H and O–H groups in total. The topological polar surface area (TPSA) is 68.8 Å².